The monoisotopic (exact) mass is 396 g/mol. The molecule has 0 unspecified atom stereocenters. The third kappa shape index (κ3) is 10.3. The first-order valence-corrected chi connectivity index (χ1v) is 8.65. The Kier molecular flexibility index (Phi) is 13.4. The van der Waals surface area contributed by atoms with Crippen molar-refractivity contribution in [2.75, 3.05) is 0 Å². The lowest BCUT2D eigenvalue weighted by Gasteiger charge is -2.00. The van der Waals surface area contributed by atoms with Crippen molar-refractivity contribution in [2.24, 2.45) is 0 Å². The zero-order chi connectivity index (χ0) is 17.0. The van der Waals surface area contributed by atoms with Gasteiger partial charge in [-0.15, -0.1) is 0 Å². The van der Waals surface area contributed by atoms with Crippen LogP contribution in [-0.4, -0.2) is 11.6 Å². The molecule has 0 aliphatic heterocycles. The number of rotatable bonds is 11. The molecule has 6 heteroatoms. The molecule has 0 saturated carbocycles. The lowest BCUT2D eigenvalue weighted by Crippen LogP contribution is -3.00. The highest BCUT2D eigenvalue weighted by molar-refractivity contribution is 5.77. The van der Waals surface area contributed by atoms with Crippen LogP contribution >= 0.6 is 0 Å². The first kappa shape index (κ1) is 24.2. The Morgan fingerprint density at radius 2 is 0.885 bits per heavy atom. The van der Waals surface area contributed by atoms with Crippen molar-refractivity contribution in [3.63, 3.8) is 0 Å². The zero-order valence-corrected chi connectivity index (χ0v) is 16.4. The van der Waals surface area contributed by atoms with Gasteiger partial charge in [-0.1, -0.05) is 25.0 Å². The van der Waals surface area contributed by atoms with Crippen molar-refractivity contribution >= 4 is 11.6 Å². The molecule has 0 atom stereocenters. The minimum absolute atomic E-state index is 0. The van der Waals surface area contributed by atoms with Crippen LogP contribution in [0, 0.1) is 0 Å². The van der Waals surface area contributed by atoms with Gasteiger partial charge in [-0.2, -0.15) is 9.13 Å². The van der Waals surface area contributed by atoms with Crippen LogP contribution in [0.25, 0.3) is 0 Å². The first-order chi connectivity index (χ1) is 11.7. The maximum atomic E-state index is 11.9. The fourth-order valence-electron chi connectivity index (χ4n) is 2.64. The number of hydrogen-bond acceptors (Lipinski definition) is 2. The SMILES string of the molecule is O=C(CCCCCCC(=O)C[n+]1ccccc1)C[n+]1ccccc1.[Cl-].[Cl-]. The van der Waals surface area contributed by atoms with Gasteiger partial charge in [0.15, 0.2) is 36.4 Å². The van der Waals surface area contributed by atoms with Crippen LogP contribution < -0.4 is 33.9 Å². The van der Waals surface area contributed by atoms with Gasteiger partial charge in [-0.25, -0.2) is 0 Å². The summed E-state index contributed by atoms with van der Waals surface area (Å²) >= 11 is 0. The molecule has 0 bridgehead atoms. The molecule has 0 fully saturated rings. The lowest BCUT2D eigenvalue weighted by molar-refractivity contribution is -0.684. The van der Waals surface area contributed by atoms with Crippen LogP contribution in [0.3, 0.4) is 0 Å². The van der Waals surface area contributed by atoms with Crippen LogP contribution in [0.4, 0.5) is 0 Å². The van der Waals surface area contributed by atoms with Gasteiger partial charge in [0.2, 0.25) is 13.1 Å². The number of nitrogens with zero attached hydrogens (tertiary/aromatic N) is 2. The third-order valence-electron chi connectivity index (χ3n) is 3.93. The minimum atomic E-state index is 0. The number of unbranched alkanes of at least 4 members (excludes halogenated alkanes) is 3. The van der Waals surface area contributed by atoms with Gasteiger partial charge in [0.05, 0.1) is 0 Å². The Morgan fingerprint density at radius 1 is 0.538 bits per heavy atom. The van der Waals surface area contributed by atoms with Gasteiger partial charge in [-0.3, -0.25) is 9.59 Å². The fourth-order valence-corrected chi connectivity index (χ4v) is 2.64. The summed E-state index contributed by atoms with van der Waals surface area (Å²) in [4.78, 5) is 23.8. The molecule has 26 heavy (non-hydrogen) atoms. The van der Waals surface area contributed by atoms with Gasteiger partial charge < -0.3 is 24.8 Å². The van der Waals surface area contributed by atoms with E-state index in [9.17, 15) is 9.59 Å². The summed E-state index contributed by atoms with van der Waals surface area (Å²) in [5, 5.41) is 0. The predicted molar refractivity (Wildman–Crippen MR) is 91.0 cm³/mol. The molecule has 2 aromatic rings. The Morgan fingerprint density at radius 3 is 1.23 bits per heavy atom. The molecule has 0 N–H and O–H groups in total. The quantitative estimate of drug-likeness (QED) is 0.291. The largest absolute Gasteiger partial charge is 1.00 e. The number of hydrogen-bond donors (Lipinski definition) is 0. The van der Waals surface area contributed by atoms with Crippen LogP contribution in [-0.2, 0) is 22.7 Å². The summed E-state index contributed by atoms with van der Waals surface area (Å²) in [6.07, 6.45) is 12.7. The van der Waals surface area contributed by atoms with E-state index in [2.05, 4.69) is 0 Å². The van der Waals surface area contributed by atoms with Crippen molar-refractivity contribution < 1.29 is 43.5 Å². The summed E-state index contributed by atoms with van der Waals surface area (Å²) in [5.74, 6) is 0.533. The van der Waals surface area contributed by atoms with Gasteiger partial charge in [0.1, 0.15) is 0 Å². The predicted octanol–water partition coefficient (Wildman–Crippen LogP) is -3.55. The highest BCUT2D eigenvalue weighted by Gasteiger charge is 2.10. The Bertz CT molecular complexity index is 579. The van der Waals surface area contributed by atoms with E-state index in [1.165, 1.54) is 0 Å². The second kappa shape index (κ2) is 14.4. The number of pyridine rings is 2. The van der Waals surface area contributed by atoms with Gasteiger partial charge in [-0.05, 0) is 12.8 Å². The molecule has 2 rings (SSSR count). The van der Waals surface area contributed by atoms with E-state index in [-0.39, 0.29) is 36.4 Å². The number of Topliss-reactive ketones (excluding diaryl/α,β-unsaturated/α-hetero) is 2. The molecule has 0 saturated heterocycles. The average Bonchev–Trinajstić information content (AvgIpc) is 2.60. The van der Waals surface area contributed by atoms with E-state index in [1.54, 1.807) is 0 Å². The number of carbonyl (C=O) groups excluding carboxylic acids is 2. The summed E-state index contributed by atoms with van der Waals surface area (Å²) in [6.45, 7) is 0.904. The normalized spacial score (nSPS) is 9.69. The van der Waals surface area contributed by atoms with E-state index in [0.29, 0.717) is 25.9 Å². The number of aromatic nitrogens is 2. The Balaban J connectivity index is 0.00000312. The summed E-state index contributed by atoms with van der Waals surface area (Å²) in [7, 11) is 0. The maximum absolute atomic E-state index is 11.9. The molecule has 2 heterocycles. The van der Waals surface area contributed by atoms with Crippen LogP contribution in [0.15, 0.2) is 61.2 Å². The van der Waals surface area contributed by atoms with Crippen LogP contribution in [0.2, 0.25) is 0 Å². The zero-order valence-electron chi connectivity index (χ0n) is 14.9. The fraction of sp³-hybridized carbons (Fsp3) is 0.400. The van der Waals surface area contributed by atoms with E-state index < -0.39 is 0 Å². The van der Waals surface area contributed by atoms with Crippen molar-refractivity contribution in [1.82, 2.24) is 0 Å². The lowest BCUT2D eigenvalue weighted by atomic mass is 10.1. The molecule has 0 aliphatic carbocycles. The maximum Gasteiger partial charge on any atom is 0.206 e. The highest BCUT2D eigenvalue weighted by atomic mass is 35.5. The number of halogens is 2. The van der Waals surface area contributed by atoms with Crippen LogP contribution in [0.5, 0.6) is 0 Å². The minimum Gasteiger partial charge on any atom is -1.00 e. The smallest absolute Gasteiger partial charge is 0.206 e. The van der Waals surface area contributed by atoms with Crippen molar-refractivity contribution in [1.29, 1.82) is 0 Å². The van der Waals surface area contributed by atoms with Gasteiger partial charge >= 0.3 is 0 Å². The van der Waals surface area contributed by atoms with E-state index in [0.717, 1.165) is 25.7 Å². The molecule has 0 spiro atoms. The van der Waals surface area contributed by atoms with Gasteiger partial charge in [0.25, 0.3) is 0 Å². The first-order valence-electron chi connectivity index (χ1n) is 8.65. The van der Waals surface area contributed by atoms with Crippen molar-refractivity contribution in [2.45, 2.75) is 51.6 Å². The summed E-state index contributed by atoms with van der Waals surface area (Å²) in [6, 6.07) is 11.6. The van der Waals surface area contributed by atoms with E-state index in [1.807, 2.05) is 70.3 Å². The molecule has 4 nitrogen and oxygen atoms in total. The molecule has 0 aliphatic rings. The second-order valence-corrected chi connectivity index (χ2v) is 6.09. The van der Waals surface area contributed by atoms with Crippen molar-refractivity contribution in [3.8, 4) is 0 Å². The molecular weight excluding hydrogens is 371 g/mol. The Hall–Kier alpha value is -1.78. The second-order valence-electron chi connectivity index (χ2n) is 6.09. The average molecular weight is 397 g/mol. The number of ketones is 2. The number of carbonyl (C=O) groups is 2. The Labute approximate surface area is 168 Å². The molecule has 0 radical (unpaired) electrons. The topological polar surface area (TPSA) is 41.9 Å². The molecule has 0 amide bonds. The summed E-state index contributed by atoms with van der Waals surface area (Å²) in [5.41, 5.74) is 0. The molecule has 142 valence electrons. The van der Waals surface area contributed by atoms with Crippen LogP contribution in [0.1, 0.15) is 38.5 Å². The molecular formula is C20H26Cl2N2O2. The molecule has 2 aromatic heterocycles. The standard InChI is InChI=1S/C20H26N2O2.2ClH/c23-19(17-21-13-7-3-8-14-21)11-5-1-2-6-12-20(24)18-22-15-9-4-10-16-22;;/h3-4,7-10,13-16H,1-2,5-6,11-12,17-18H2;2*1H/q+2;;/p-2. The summed E-state index contributed by atoms with van der Waals surface area (Å²) < 4.78 is 3.81. The van der Waals surface area contributed by atoms with Crippen molar-refractivity contribution in [3.05, 3.63) is 61.2 Å². The highest BCUT2D eigenvalue weighted by Crippen LogP contribution is 2.06. The third-order valence-corrected chi connectivity index (χ3v) is 3.93. The van der Waals surface area contributed by atoms with E-state index >= 15 is 0 Å². The van der Waals surface area contributed by atoms with Gasteiger partial charge in [0, 0.05) is 37.1 Å². The van der Waals surface area contributed by atoms with E-state index in [4.69, 9.17) is 0 Å². The molecule has 0 aromatic carbocycles.